The highest BCUT2D eigenvalue weighted by atomic mass is 127. The van der Waals surface area contributed by atoms with Crippen molar-refractivity contribution in [2.75, 3.05) is 13.1 Å². The van der Waals surface area contributed by atoms with Gasteiger partial charge in [-0.05, 0) is 58.6 Å². The normalized spacial score (nSPS) is 12.6. The monoisotopic (exact) mass is 487 g/mol. The highest BCUT2D eigenvalue weighted by molar-refractivity contribution is 14.0. The van der Waals surface area contributed by atoms with E-state index in [1.807, 2.05) is 22.6 Å². The van der Waals surface area contributed by atoms with E-state index in [1.54, 1.807) is 0 Å². The maximum absolute atomic E-state index is 4.70. The molecule has 2 aromatic rings. The van der Waals surface area contributed by atoms with E-state index in [-0.39, 0.29) is 30.0 Å². The number of hydrogen-bond acceptors (Lipinski definition) is 3. The molecule has 2 N–H and O–H groups in total. The summed E-state index contributed by atoms with van der Waals surface area (Å²) in [6.45, 7) is 13.0. The number of rotatable bonds is 8. The van der Waals surface area contributed by atoms with Crippen molar-refractivity contribution in [1.29, 1.82) is 0 Å². The number of guanidine groups is 1. The lowest BCUT2D eigenvalue weighted by molar-refractivity contribution is 0.581. The number of nitrogens with one attached hydrogen (secondary N) is 2. The molecule has 0 aliphatic heterocycles. The molecule has 0 aliphatic rings. The second kappa shape index (κ2) is 11.3. The minimum atomic E-state index is 0. The molecule has 0 aliphatic carbocycles. The largest absolute Gasteiger partial charge is 0.357 e. The first-order chi connectivity index (χ1) is 12.4. The fourth-order valence-electron chi connectivity index (χ4n) is 3.04. The summed E-state index contributed by atoms with van der Waals surface area (Å²) in [7, 11) is 2.00. The summed E-state index contributed by atoms with van der Waals surface area (Å²) in [6, 6.07) is 0.281. The van der Waals surface area contributed by atoms with Crippen molar-refractivity contribution in [3.05, 3.63) is 34.9 Å². The molecule has 1 unspecified atom stereocenters. The molecule has 0 spiro atoms. The topological polar surface area (TPSA) is 72.1 Å². The number of aromatic nitrogens is 4. The van der Waals surface area contributed by atoms with Gasteiger partial charge in [-0.2, -0.15) is 10.2 Å². The van der Waals surface area contributed by atoms with Crippen molar-refractivity contribution in [2.24, 2.45) is 12.0 Å². The van der Waals surface area contributed by atoms with E-state index in [1.165, 1.54) is 16.8 Å². The molecule has 0 aromatic carbocycles. The minimum Gasteiger partial charge on any atom is -0.357 e. The summed E-state index contributed by atoms with van der Waals surface area (Å²) in [6.07, 6.45) is 5.85. The van der Waals surface area contributed by atoms with Crippen LogP contribution in [0.25, 0.3) is 0 Å². The van der Waals surface area contributed by atoms with Gasteiger partial charge in [0.2, 0.25) is 0 Å². The second-order valence-corrected chi connectivity index (χ2v) is 6.92. The summed E-state index contributed by atoms with van der Waals surface area (Å²) in [5.41, 5.74) is 4.85. The zero-order valence-electron chi connectivity index (χ0n) is 17.4. The van der Waals surface area contributed by atoms with Gasteiger partial charge in [-0.25, -0.2) is 0 Å². The van der Waals surface area contributed by atoms with E-state index >= 15 is 0 Å². The van der Waals surface area contributed by atoms with Gasteiger partial charge in [0, 0.05) is 44.6 Å². The van der Waals surface area contributed by atoms with Gasteiger partial charge in [-0.3, -0.25) is 14.4 Å². The molecule has 0 saturated heterocycles. The van der Waals surface area contributed by atoms with Crippen LogP contribution in [0.3, 0.4) is 0 Å². The van der Waals surface area contributed by atoms with E-state index in [0.717, 1.165) is 44.1 Å². The minimum absolute atomic E-state index is 0. The first-order valence-corrected chi connectivity index (χ1v) is 9.43. The second-order valence-electron chi connectivity index (χ2n) is 6.92. The Morgan fingerprint density at radius 1 is 1.30 bits per heavy atom. The average Bonchev–Trinajstić information content (AvgIpc) is 3.10. The summed E-state index contributed by atoms with van der Waals surface area (Å²) < 4.78 is 3.93. The van der Waals surface area contributed by atoms with E-state index < -0.39 is 0 Å². The number of halogens is 1. The van der Waals surface area contributed by atoms with Crippen molar-refractivity contribution in [3.8, 4) is 0 Å². The van der Waals surface area contributed by atoms with Crippen molar-refractivity contribution < 1.29 is 0 Å². The highest BCUT2D eigenvalue weighted by Gasteiger charge is 2.13. The summed E-state index contributed by atoms with van der Waals surface area (Å²) in [5, 5.41) is 15.7. The molecule has 0 fully saturated rings. The predicted molar refractivity (Wildman–Crippen MR) is 122 cm³/mol. The predicted octanol–water partition coefficient (Wildman–Crippen LogP) is 2.74. The van der Waals surface area contributed by atoms with Gasteiger partial charge in [0.25, 0.3) is 0 Å². The van der Waals surface area contributed by atoms with Crippen LogP contribution >= 0.6 is 24.0 Å². The Morgan fingerprint density at radius 2 is 2.04 bits per heavy atom. The number of nitrogens with zero attached hydrogens (tertiary/aromatic N) is 5. The molecule has 152 valence electrons. The van der Waals surface area contributed by atoms with Gasteiger partial charge in [-0.15, -0.1) is 24.0 Å². The fraction of sp³-hybridized carbons (Fsp3) is 0.632. The Balaban J connectivity index is 0.00000364. The third kappa shape index (κ3) is 7.15. The summed E-state index contributed by atoms with van der Waals surface area (Å²) in [4.78, 5) is 4.70. The standard InChI is InChI=1S/C19H33N7.HI/c1-7-20-19(21-9-8-10-26-13-14(2)12-22-26)23-15(3)11-18-16(4)24-25(6)17(18)5;/h12-13,15H,7-11H2,1-6H3,(H2,20,21,23);1H. The van der Waals surface area contributed by atoms with Crippen LogP contribution < -0.4 is 10.6 Å². The van der Waals surface area contributed by atoms with Gasteiger partial charge >= 0.3 is 0 Å². The van der Waals surface area contributed by atoms with E-state index in [9.17, 15) is 0 Å². The lowest BCUT2D eigenvalue weighted by Crippen LogP contribution is -2.43. The first kappa shape index (κ1) is 23.5. The molecular weight excluding hydrogens is 453 g/mol. The van der Waals surface area contributed by atoms with Gasteiger partial charge in [0.15, 0.2) is 5.96 Å². The third-order valence-corrected chi connectivity index (χ3v) is 4.47. The van der Waals surface area contributed by atoms with Crippen LogP contribution in [0.4, 0.5) is 0 Å². The van der Waals surface area contributed by atoms with Gasteiger partial charge in [0.05, 0.1) is 11.9 Å². The Morgan fingerprint density at radius 3 is 2.59 bits per heavy atom. The van der Waals surface area contributed by atoms with Crippen molar-refractivity contribution in [3.63, 3.8) is 0 Å². The maximum atomic E-state index is 4.70. The van der Waals surface area contributed by atoms with Crippen LogP contribution in [0.2, 0.25) is 0 Å². The molecular formula is C19H34IN7. The molecule has 0 radical (unpaired) electrons. The summed E-state index contributed by atoms with van der Waals surface area (Å²) >= 11 is 0. The van der Waals surface area contributed by atoms with Crippen molar-refractivity contribution in [1.82, 2.24) is 30.2 Å². The van der Waals surface area contributed by atoms with Crippen molar-refractivity contribution in [2.45, 2.75) is 60.0 Å². The first-order valence-electron chi connectivity index (χ1n) is 9.43. The quantitative estimate of drug-likeness (QED) is 0.260. The van der Waals surface area contributed by atoms with Crippen molar-refractivity contribution >= 4 is 29.9 Å². The van der Waals surface area contributed by atoms with Gasteiger partial charge in [-0.1, -0.05) is 0 Å². The molecule has 2 aromatic heterocycles. The maximum Gasteiger partial charge on any atom is 0.191 e. The van der Waals surface area contributed by atoms with Gasteiger partial charge < -0.3 is 10.6 Å². The molecule has 27 heavy (non-hydrogen) atoms. The number of hydrogen-bond donors (Lipinski definition) is 2. The third-order valence-electron chi connectivity index (χ3n) is 4.47. The Labute approximate surface area is 180 Å². The smallest absolute Gasteiger partial charge is 0.191 e. The van der Waals surface area contributed by atoms with Crippen LogP contribution in [-0.4, -0.2) is 44.7 Å². The van der Waals surface area contributed by atoms with Gasteiger partial charge in [0.1, 0.15) is 0 Å². The average molecular weight is 487 g/mol. The number of aliphatic imine (C=N–C) groups is 1. The number of aryl methyl sites for hydroxylation is 4. The van der Waals surface area contributed by atoms with Crippen LogP contribution in [0.5, 0.6) is 0 Å². The molecule has 0 bridgehead atoms. The molecule has 1 atom stereocenters. The molecule has 7 nitrogen and oxygen atoms in total. The zero-order chi connectivity index (χ0) is 19.1. The lowest BCUT2D eigenvalue weighted by atomic mass is 10.1. The van der Waals surface area contributed by atoms with E-state index in [2.05, 4.69) is 61.6 Å². The molecule has 2 heterocycles. The SMILES string of the molecule is CCNC(=NCCCn1cc(C)cn1)NC(C)Cc1c(C)nn(C)c1C.I. The lowest BCUT2D eigenvalue weighted by Gasteiger charge is -2.18. The summed E-state index contributed by atoms with van der Waals surface area (Å²) in [5.74, 6) is 0.871. The molecule has 2 rings (SSSR count). The Hall–Kier alpha value is -1.58. The fourth-order valence-corrected chi connectivity index (χ4v) is 3.04. The molecule has 0 saturated carbocycles. The van der Waals surface area contributed by atoms with Crippen LogP contribution in [0.1, 0.15) is 42.8 Å². The molecule has 8 heteroatoms. The zero-order valence-corrected chi connectivity index (χ0v) is 19.7. The van der Waals surface area contributed by atoms with E-state index in [4.69, 9.17) is 4.99 Å². The highest BCUT2D eigenvalue weighted by Crippen LogP contribution is 2.14. The Kier molecular flexibility index (Phi) is 9.82. The Bertz CT molecular complexity index is 732. The van der Waals surface area contributed by atoms with Crippen LogP contribution in [-0.2, 0) is 20.0 Å². The van der Waals surface area contributed by atoms with E-state index in [0.29, 0.717) is 0 Å². The van der Waals surface area contributed by atoms with Crippen LogP contribution in [0.15, 0.2) is 17.4 Å². The molecule has 0 amide bonds. The van der Waals surface area contributed by atoms with Crippen LogP contribution in [0, 0.1) is 20.8 Å².